The van der Waals surface area contributed by atoms with Gasteiger partial charge in [0.15, 0.2) is 0 Å². The number of piperidine rings is 1. The zero-order valence-electron chi connectivity index (χ0n) is 12.0. The fourth-order valence-corrected chi connectivity index (χ4v) is 3.28. The van der Waals surface area contributed by atoms with E-state index in [2.05, 4.69) is 36.4 Å². The summed E-state index contributed by atoms with van der Waals surface area (Å²) in [5.41, 5.74) is 0.989. The van der Waals surface area contributed by atoms with Gasteiger partial charge in [-0.25, -0.2) is 4.98 Å². The first-order chi connectivity index (χ1) is 9.03. The van der Waals surface area contributed by atoms with Crippen molar-refractivity contribution in [2.75, 3.05) is 6.54 Å². The van der Waals surface area contributed by atoms with E-state index in [-0.39, 0.29) is 17.4 Å². The number of carbonyl (C=O) groups is 1. The second-order valence-corrected chi connectivity index (χ2v) is 6.73. The molecule has 1 aliphatic rings. The van der Waals surface area contributed by atoms with Gasteiger partial charge in [-0.2, -0.15) is 0 Å². The van der Waals surface area contributed by atoms with Gasteiger partial charge < -0.3 is 10.6 Å². The van der Waals surface area contributed by atoms with Crippen LogP contribution in [0.1, 0.15) is 44.3 Å². The minimum Gasteiger partial charge on any atom is -0.349 e. The largest absolute Gasteiger partial charge is 0.349 e. The highest BCUT2D eigenvalue weighted by Crippen LogP contribution is 2.30. The standard InChI is InChI=1S/C14H23N3OS/c1-4-11-17-10(9-19-11)8-16-13(18)12-14(2,3)6-5-7-15-12/h9,12,15H,4-8H2,1-3H3,(H,16,18). The summed E-state index contributed by atoms with van der Waals surface area (Å²) < 4.78 is 0. The smallest absolute Gasteiger partial charge is 0.238 e. The van der Waals surface area contributed by atoms with Crippen LogP contribution in [0.4, 0.5) is 0 Å². The number of aryl methyl sites for hydroxylation is 1. The van der Waals surface area contributed by atoms with Crippen molar-refractivity contribution in [1.29, 1.82) is 0 Å². The Kier molecular flexibility index (Phi) is 4.58. The number of amides is 1. The van der Waals surface area contributed by atoms with Gasteiger partial charge in [0.05, 0.1) is 23.3 Å². The Bertz CT molecular complexity index is 442. The quantitative estimate of drug-likeness (QED) is 0.888. The molecule has 0 aliphatic carbocycles. The van der Waals surface area contributed by atoms with Crippen LogP contribution in [0.5, 0.6) is 0 Å². The average Bonchev–Trinajstić information content (AvgIpc) is 2.83. The van der Waals surface area contributed by atoms with Crippen molar-refractivity contribution in [3.63, 3.8) is 0 Å². The van der Waals surface area contributed by atoms with E-state index in [1.165, 1.54) is 0 Å². The van der Waals surface area contributed by atoms with E-state index in [9.17, 15) is 4.79 Å². The Morgan fingerprint density at radius 2 is 2.42 bits per heavy atom. The number of hydrogen-bond donors (Lipinski definition) is 2. The van der Waals surface area contributed by atoms with Gasteiger partial charge in [0.1, 0.15) is 0 Å². The molecule has 1 fully saturated rings. The second kappa shape index (κ2) is 6.01. The van der Waals surface area contributed by atoms with Crippen LogP contribution in [0.25, 0.3) is 0 Å². The molecule has 0 saturated carbocycles. The van der Waals surface area contributed by atoms with Crippen LogP contribution in [0.2, 0.25) is 0 Å². The lowest BCUT2D eigenvalue weighted by Gasteiger charge is -2.38. The number of rotatable bonds is 4. The van der Waals surface area contributed by atoms with Gasteiger partial charge in [0, 0.05) is 5.38 Å². The first-order valence-electron chi connectivity index (χ1n) is 6.97. The van der Waals surface area contributed by atoms with Gasteiger partial charge >= 0.3 is 0 Å². The molecule has 0 spiro atoms. The highest BCUT2D eigenvalue weighted by molar-refractivity contribution is 7.09. The number of hydrogen-bond acceptors (Lipinski definition) is 4. The van der Waals surface area contributed by atoms with Crippen LogP contribution in [0.15, 0.2) is 5.38 Å². The van der Waals surface area contributed by atoms with Gasteiger partial charge in [-0.3, -0.25) is 4.79 Å². The minimum atomic E-state index is -0.0921. The predicted molar refractivity (Wildman–Crippen MR) is 78.1 cm³/mol. The number of aromatic nitrogens is 1. The molecular weight excluding hydrogens is 258 g/mol. The van der Waals surface area contributed by atoms with Crippen LogP contribution in [0.3, 0.4) is 0 Å². The van der Waals surface area contributed by atoms with Crippen molar-refractivity contribution >= 4 is 17.2 Å². The zero-order chi connectivity index (χ0) is 13.9. The lowest BCUT2D eigenvalue weighted by molar-refractivity contribution is -0.126. The predicted octanol–water partition coefficient (Wildman–Crippen LogP) is 2.10. The molecular formula is C14H23N3OS. The maximum atomic E-state index is 12.3. The first kappa shape index (κ1) is 14.5. The zero-order valence-corrected chi connectivity index (χ0v) is 12.8. The molecule has 0 aromatic carbocycles. The van der Waals surface area contributed by atoms with Gasteiger partial charge in [0.2, 0.25) is 5.91 Å². The summed E-state index contributed by atoms with van der Waals surface area (Å²) in [6.07, 6.45) is 3.19. The van der Waals surface area contributed by atoms with E-state index in [1.54, 1.807) is 11.3 Å². The molecule has 1 amide bonds. The average molecular weight is 281 g/mol. The highest BCUT2D eigenvalue weighted by Gasteiger charge is 2.36. The molecule has 1 saturated heterocycles. The third-order valence-corrected chi connectivity index (χ3v) is 4.78. The molecule has 1 unspecified atom stereocenters. The normalized spacial score (nSPS) is 22.2. The lowest BCUT2D eigenvalue weighted by atomic mass is 9.77. The third kappa shape index (κ3) is 3.54. The molecule has 1 aromatic rings. The molecule has 1 aromatic heterocycles. The molecule has 106 valence electrons. The Morgan fingerprint density at radius 3 is 3.05 bits per heavy atom. The van der Waals surface area contributed by atoms with Crippen LogP contribution in [0, 0.1) is 5.41 Å². The summed E-state index contributed by atoms with van der Waals surface area (Å²) in [6.45, 7) is 7.86. The number of nitrogens with zero attached hydrogens (tertiary/aromatic N) is 1. The van der Waals surface area contributed by atoms with Crippen molar-refractivity contribution < 1.29 is 4.79 Å². The van der Waals surface area contributed by atoms with Gasteiger partial charge in [0.25, 0.3) is 0 Å². The topological polar surface area (TPSA) is 54.0 Å². The van der Waals surface area contributed by atoms with E-state index in [1.807, 2.05) is 5.38 Å². The molecule has 0 radical (unpaired) electrons. The van der Waals surface area contributed by atoms with Gasteiger partial charge in [-0.1, -0.05) is 20.8 Å². The molecule has 5 heteroatoms. The fraction of sp³-hybridized carbons (Fsp3) is 0.714. The Labute approximate surface area is 119 Å². The monoisotopic (exact) mass is 281 g/mol. The van der Waals surface area contributed by atoms with E-state index < -0.39 is 0 Å². The summed E-state index contributed by atoms with van der Waals surface area (Å²) in [4.78, 5) is 16.7. The first-order valence-corrected chi connectivity index (χ1v) is 7.85. The van der Waals surface area contributed by atoms with Crippen LogP contribution in [-0.4, -0.2) is 23.5 Å². The Hall–Kier alpha value is -0.940. The fourth-order valence-electron chi connectivity index (χ4n) is 2.53. The highest BCUT2D eigenvalue weighted by atomic mass is 32.1. The van der Waals surface area contributed by atoms with Crippen molar-refractivity contribution in [1.82, 2.24) is 15.6 Å². The summed E-state index contributed by atoms with van der Waals surface area (Å²) in [5, 5.41) is 9.49. The van der Waals surface area contributed by atoms with Crippen LogP contribution < -0.4 is 10.6 Å². The molecule has 19 heavy (non-hydrogen) atoms. The Balaban J connectivity index is 1.90. The van der Waals surface area contributed by atoms with Gasteiger partial charge in [-0.05, 0) is 31.2 Å². The van der Waals surface area contributed by atoms with Crippen molar-refractivity contribution in [2.24, 2.45) is 5.41 Å². The summed E-state index contributed by atoms with van der Waals surface area (Å²) >= 11 is 1.66. The van der Waals surface area contributed by atoms with Crippen molar-refractivity contribution in [3.8, 4) is 0 Å². The summed E-state index contributed by atoms with van der Waals surface area (Å²) in [7, 11) is 0. The third-order valence-electron chi connectivity index (χ3n) is 3.74. The minimum absolute atomic E-state index is 0.0268. The Morgan fingerprint density at radius 1 is 1.63 bits per heavy atom. The SMILES string of the molecule is CCc1nc(CNC(=O)C2NCCCC2(C)C)cs1. The molecule has 4 nitrogen and oxygen atoms in total. The lowest BCUT2D eigenvalue weighted by Crippen LogP contribution is -2.55. The molecule has 2 heterocycles. The molecule has 2 rings (SSSR count). The van der Waals surface area contributed by atoms with E-state index in [0.717, 1.165) is 36.5 Å². The van der Waals surface area contributed by atoms with E-state index >= 15 is 0 Å². The molecule has 1 atom stereocenters. The maximum absolute atomic E-state index is 12.3. The molecule has 1 aliphatic heterocycles. The number of carbonyl (C=O) groups excluding carboxylic acids is 1. The molecule has 0 bridgehead atoms. The van der Waals surface area contributed by atoms with E-state index in [4.69, 9.17) is 0 Å². The van der Waals surface area contributed by atoms with Gasteiger partial charge in [-0.15, -0.1) is 11.3 Å². The number of nitrogens with one attached hydrogen (secondary N) is 2. The maximum Gasteiger partial charge on any atom is 0.238 e. The number of thiazole rings is 1. The van der Waals surface area contributed by atoms with E-state index in [0.29, 0.717) is 6.54 Å². The van der Waals surface area contributed by atoms with Crippen LogP contribution in [-0.2, 0) is 17.8 Å². The van der Waals surface area contributed by atoms with Crippen molar-refractivity contribution in [3.05, 3.63) is 16.1 Å². The summed E-state index contributed by atoms with van der Waals surface area (Å²) in [6, 6.07) is -0.0921. The van der Waals surface area contributed by atoms with Crippen molar-refractivity contribution in [2.45, 2.75) is 52.6 Å². The van der Waals surface area contributed by atoms with Crippen LogP contribution >= 0.6 is 11.3 Å². The second-order valence-electron chi connectivity index (χ2n) is 5.78. The summed E-state index contributed by atoms with van der Waals surface area (Å²) in [5.74, 6) is 0.0933. The molecule has 2 N–H and O–H groups in total.